The summed E-state index contributed by atoms with van der Waals surface area (Å²) in [5, 5.41) is 36.6. The summed E-state index contributed by atoms with van der Waals surface area (Å²) in [6, 6.07) is 29.8. The molecule has 10 nitrogen and oxygen atoms in total. The topological polar surface area (TPSA) is 153 Å². The van der Waals surface area contributed by atoms with Crippen molar-refractivity contribution < 1.29 is 29.6 Å². The number of aliphatic hydroxyl groups excluding tert-OH is 1. The van der Waals surface area contributed by atoms with Crippen LogP contribution in [0.1, 0.15) is 34.4 Å². The number of carboxylic acid groups (broad SMARTS) is 1. The van der Waals surface area contributed by atoms with Gasteiger partial charge in [-0.2, -0.15) is 0 Å². The van der Waals surface area contributed by atoms with E-state index in [1.165, 1.54) is 12.1 Å². The summed E-state index contributed by atoms with van der Waals surface area (Å²) in [6.07, 6.45) is -1.97. The Morgan fingerprint density at radius 3 is 2.27 bits per heavy atom. The average Bonchev–Trinajstić information content (AvgIpc) is 3.03. The molecule has 4 aromatic carbocycles. The van der Waals surface area contributed by atoms with Gasteiger partial charge in [0.2, 0.25) is 5.56 Å². The standard InChI is InChI=1S/C34H33N3O7/c38-29-14-12-27(28-13-15-31(40)36-33(28)29)30(39)21-35-20-22-6-4-10-25(18-22)43-16-17-44-26-11-5-9-24(19-26)32(37-34(41)42)23-7-2-1-3-8-23/h1-15,18-19,30,32,35,37-39H,16-17,20-21H2,(H,36,40)(H,41,42)/t30?,32-/m0/s1. The lowest BCUT2D eigenvalue weighted by molar-refractivity contribution is 0.176. The fourth-order valence-corrected chi connectivity index (χ4v) is 4.99. The van der Waals surface area contributed by atoms with Gasteiger partial charge in [0.1, 0.15) is 30.5 Å². The number of fused-ring (bicyclic) bond motifs is 1. The van der Waals surface area contributed by atoms with Crippen molar-refractivity contribution in [3.05, 3.63) is 136 Å². The first-order chi connectivity index (χ1) is 21.4. The molecule has 0 aliphatic heterocycles. The fourth-order valence-electron chi connectivity index (χ4n) is 4.99. The number of aromatic amines is 1. The Balaban J connectivity index is 1.12. The Hall–Kier alpha value is -5.32. The second kappa shape index (κ2) is 14.2. The highest BCUT2D eigenvalue weighted by Crippen LogP contribution is 2.29. The zero-order valence-corrected chi connectivity index (χ0v) is 23.8. The second-order valence-electron chi connectivity index (χ2n) is 10.1. The number of phenolic OH excluding ortho intramolecular Hbond substituents is 1. The molecule has 226 valence electrons. The molecule has 0 fully saturated rings. The number of benzene rings is 4. The quantitative estimate of drug-likeness (QED) is 0.105. The van der Waals surface area contributed by atoms with Crippen LogP contribution in [-0.2, 0) is 6.54 Å². The number of hydrogen-bond donors (Lipinski definition) is 6. The van der Waals surface area contributed by atoms with E-state index in [1.807, 2.05) is 78.9 Å². The summed E-state index contributed by atoms with van der Waals surface area (Å²) in [4.78, 5) is 25.7. The van der Waals surface area contributed by atoms with Crippen LogP contribution in [0.2, 0.25) is 0 Å². The Morgan fingerprint density at radius 2 is 1.52 bits per heavy atom. The molecule has 1 unspecified atom stereocenters. The number of ether oxygens (including phenoxy) is 2. The van der Waals surface area contributed by atoms with Crippen molar-refractivity contribution in [1.29, 1.82) is 0 Å². The third kappa shape index (κ3) is 7.74. The molecule has 1 aromatic heterocycles. The number of rotatable bonds is 13. The Bertz CT molecular complexity index is 1770. The average molecular weight is 596 g/mol. The zero-order chi connectivity index (χ0) is 30.9. The van der Waals surface area contributed by atoms with Crippen LogP contribution in [0.25, 0.3) is 10.9 Å². The number of phenols is 1. The maximum atomic E-state index is 11.7. The van der Waals surface area contributed by atoms with E-state index < -0.39 is 18.2 Å². The van der Waals surface area contributed by atoms with Crippen LogP contribution in [-0.4, -0.2) is 46.2 Å². The van der Waals surface area contributed by atoms with Gasteiger partial charge >= 0.3 is 6.09 Å². The van der Waals surface area contributed by atoms with E-state index in [1.54, 1.807) is 12.1 Å². The van der Waals surface area contributed by atoms with Crippen LogP contribution in [0.4, 0.5) is 4.79 Å². The van der Waals surface area contributed by atoms with Crippen molar-refractivity contribution in [2.75, 3.05) is 19.8 Å². The van der Waals surface area contributed by atoms with Crippen LogP contribution in [0.15, 0.2) is 108 Å². The minimum atomic E-state index is -1.11. The van der Waals surface area contributed by atoms with E-state index in [2.05, 4.69) is 15.6 Å². The maximum Gasteiger partial charge on any atom is 0.405 e. The number of hydrogen-bond acceptors (Lipinski definition) is 7. The molecule has 0 saturated carbocycles. The van der Waals surface area contributed by atoms with E-state index in [0.29, 0.717) is 41.1 Å². The predicted octanol–water partition coefficient (Wildman–Crippen LogP) is 4.87. The second-order valence-corrected chi connectivity index (χ2v) is 10.1. The molecule has 0 aliphatic rings. The van der Waals surface area contributed by atoms with Crippen LogP contribution in [0.3, 0.4) is 0 Å². The van der Waals surface area contributed by atoms with Crippen molar-refractivity contribution >= 4 is 17.0 Å². The van der Waals surface area contributed by atoms with Crippen LogP contribution < -0.4 is 25.7 Å². The van der Waals surface area contributed by atoms with Gasteiger partial charge in [0.05, 0.1) is 17.7 Å². The van der Waals surface area contributed by atoms with Crippen LogP contribution in [0, 0.1) is 0 Å². The van der Waals surface area contributed by atoms with Crippen LogP contribution >= 0.6 is 0 Å². The SMILES string of the molecule is O=C(O)N[C@@H](c1ccccc1)c1cccc(OCCOc2cccc(CNCC(O)c3ccc(O)c4[nH]c(=O)ccc34)c2)c1. The Kier molecular flexibility index (Phi) is 9.75. The summed E-state index contributed by atoms with van der Waals surface area (Å²) < 4.78 is 11.8. The third-order valence-corrected chi connectivity index (χ3v) is 7.04. The van der Waals surface area contributed by atoms with E-state index >= 15 is 0 Å². The Labute approximate surface area is 253 Å². The zero-order valence-electron chi connectivity index (χ0n) is 23.8. The van der Waals surface area contributed by atoms with Gasteiger partial charge in [0.25, 0.3) is 0 Å². The summed E-state index contributed by atoms with van der Waals surface area (Å²) in [5.41, 5.74) is 3.10. The highest BCUT2D eigenvalue weighted by atomic mass is 16.5. The molecule has 0 spiro atoms. The number of carbonyl (C=O) groups is 1. The lowest BCUT2D eigenvalue weighted by Crippen LogP contribution is -2.27. The lowest BCUT2D eigenvalue weighted by Gasteiger charge is -2.19. The van der Waals surface area contributed by atoms with E-state index in [0.717, 1.165) is 16.7 Å². The number of aromatic hydroxyl groups is 1. The van der Waals surface area contributed by atoms with Crippen molar-refractivity contribution in [2.24, 2.45) is 0 Å². The van der Waals surface area contributed by atoms with Crippen molar-refractivity contribution in [3.8, 4) is 17.2 Å². The lowest BCUT2D eigenvalue weighted by atomic mass is 9.99. The van der Waals surface area contributed by atoms with E-state index in [9.17, 15) is 24.9 Å². The number of nitrogens with one attached hydrogen (secondary N) is 3. The number of aromatic nitrogens is 1. The molecule has 1 heterocycles. The summed E-state index contributed by atoms with van der Waals surface area (Å²) in [6.45, 7) is 1.32. The van der Waals surface area contributed by atoms with Gasteiger partial charge in [0.15, 0.2) is 0 Å². The molecule has 10 heteroatoms. The number of amides is 1. The molecule has 1 amide bonds. The normalized spacial score (nSPS) is 12.4. The summed E-state index contributed by atoms with van der Waals surface area (Å²) >= 11 is 0. The van der Waals surface area contributed by atoms with Gasteiger partial charge in [-0.1, -0.05) is 60.7 Å². The van der Waals surface area contributed by atoms with Gasteiger partial charge in [0, 0.05) is 24.5 Å². The summed E-state index contributed by atoms with van der Waals surface area (Å²) in [5.74, 6) is 1.22. The van der Waals surface area contributed by atoms with E-state index in [4.69, 9.17) is 9.47 Å². The number of aliphatic hydroxyl groups is 1. The smallest absolute Gasteiger partial charge is 0.405 e. The third-order valence-electron chi connectivity index (χ3n) is 7.04. The van der Waals surface area contributed by atoms with E-state index in [-0.39, 0.29) is 24.5 Å². The largest absolute Gasteiger partial charge is 0.506 e. The molecular formula is C34H33N3O7. The molecule has 0 radical (unpaired) electrons. The number of H-pyrrole nitrogens is 1. The van der Waals surface area contributed by atoms with Crippen LogP contribution in [0.5, 0.6) is 17.2 Å². The molecular weight excluding hydrogens is 562 g/mol. The van der Waals surface area contributed by atoms with Gasteiger partial charge < -0.3 is 40.4 Å². The molecule has 0 aliphatic carbocycles. The molecule has 2 atom stereocenters. The Morgan fingerprint density at radius 1 is 0.818 bits per heavy atom. The highest BCUT2D eigenvalue weighted by molar-refractivity contribution is 5.87. The predicted molar refractivity (Wildman–Crippen MR) is 166 cm³/mol. The monoisotopic (exact) mass is 595 g/mol. The molecule has 0 saturated heterocycles. The van der Waals surface area contributed by atoms with Crippen molar-refractivity contribution in [2.45, 2.75) is 18.7 Å². The molecule has 6 N–H and O–H groups in total. The molecule has 0 bridgehead atoms. The van der Waals surface area contributed by atoms with Gasteiger partial charge in [-0.25, -0.2) is 4.79 Å². The maximum absolute atomic E-state index is 11.7. The first kappa shape index (κ1) is 30.1. The van der Waals surface area contributed by atoms with Gasteiger partial charge in [-0.3, -0.25) is 4.79 Å². The van der Waals surface area contributed by atoms with Gasteiger partial charge in [-0.15, -0.1) is 0 Å². The van der Waals surface area contributed by atoms with Crippen molar-refractivity contribution in [1.82, 2.24) is 15.6 Å². The summed E-state index contributed by atoms with van der Waals surface area (Å²) in [7, 11) is 0. The first-order valence-electron chi connectivity index (χ1n) is 14.1. The molecule has 5 rings (SSSR count). The van der Waals surface area contributed by atoms with Crippen molar-refractivity contribution in [3.63, 3.8) is 0 Å². The van der Waals surface area contributed by atoms with Gasteiger partial charge in [-0.05, 0) is 58.7 Å². The molecule has 5 aromatic rings. The minimum Gasteiger partial charge on any atom is -0.506 e. The highest BCUT2D eigenvalue weighted by Gasteiger charge is 2.17. The fraction of sp³-hybridized carbons (Fsp3) is 0.176. The minimum absolute atomic E-state index is 0.0536. The molecule has 44 heavy (non-hydrogen) atoms. The first-order valence-corrected chi connectivity index (χ1v) is 14.1. The number of pyridine rings is 1.